The van der Waals surface area contributed by atoms with Gasteiger partial charge in [-0.15, -0.1) is 13.2 Å². The van der Waals surface area contributed by atoms with E-state index in [1.165, 1.54) is 13.2 Å². The Morgan fingerprint density at radius 1 is 1.21 bits per heavy atom. The Labute approximate surface area is 162 Å². The molecule has 0 fully saturated rings. The van der Waals surface area contributed by atoms with Crippen LogP contribution >= 0.6 is 11.6 Å². The quantitative estimate of drug-likeness (QED) is 0.619. The van der Waals surface area contributed by atoms with Crippen molar-refractivity contribution in [1.29, 1.82) is 0 Å². The predicted octanol–water partition coefficient (Wildman–Crippen LogP) is 4.00. The molecule has 0 aliphatic rings. The molecule has 0 saturated carbocycles. The lowest BCUT2D eigenvalue weighted by Gasteiger charge is -2.16. The summed E-state index contributed by atoms with van der Waals surface area (Å²) < 4.78 is 48.0. The fourth-order valence-corrected chi connectivity index (χ4v) is 2.90. The number of halogens is 4. The summed E-state index contributed by atoms with van der Waals surface area (Å²) in [5, 5.41) is 3.61. The van der Waals surface area contributed by atoms with Gasteiger partial charge in [0.2, 0.25) is 0 Å². The summed E-state index contributed by atoms with van der Waals surface area (Å²) >= 11 is 6.19. The molecule has 0 atom stereocenters. The summed E-state index contributed by atoms with van der Waals surface area (Å²) in [7, 11) is 1.52. The van der Waals surface area contributed by atoms with Gasteiger partial charge in [-0.3, -0.25) is 4.57 Å². The van der Waals surface area contributed by atoms with Crippen LogP contribution in [0.2, 0.25) is 5.02 Å². The number of nitrogens with zero attached hydrogens (tertiary/aromatic N) is 2. The first-order valence-corrected chi connectivity index (χ1v) is 8.48. The van der Waals surface area contributed by atoms with E-state index >= 15 is 0 Å². The number of alkyl halides is 3. The Kier molecular flexibility index (Phi) is 5.76. The fourth-order valence-electron chi connectivity index (χ4n) is 2.67. The third-order valence-electron chi connectivity index (χ3n) is 3.79. The topological polar surface area (TPSA) is 65.4 Å². The van der Waals surface area contributed by atoms with Crippen molar-refractivity contribution in [2.45, 2.75) is 6.36 Å². The summed E-state index contributed by atoms with van der Waals surface area (Å²) in [4.78, 5) is 16.7. The number of fused-ring (bicyclic) bond motifs is 1. The number of hydrogen-bond acceptors (Lipinski definition) is 5. The van der Waals surface area contributed by atoms with Gasteiger partial charge in [0.25, 0.3) is 0 Å². The van der Waals surface area contributed by atoms with Gasteiger partial charge in [-0.2, -0.15) is 4.98 Å². The first-order valence-electron chi connectivity index (χ1n) is 8.10. The first-order chi connectivity index (χ1) is 13.3. The van der Waals surface area contributed by atoms with Crippen molar-refractivity contribution in [2.24, 2.45) is 0 Å². The Bertz CT molecular complexity index is 1050. The number of aromatic nitrogens is 2. The molecule has 1 aromatic heterocycles. The number of hydrogen-bond donors (Lipinski definition) is 1. The second kappa shape index (κ2) is 8.07. The maximum absolute atomic E-state index is 12.7. The maximum atomic E-state index is 12.7. The molecule has 28 heavy (non-hydrogen) atoms. The van der Waals surface area contributed by atoms with Crippen LogP contribution in [0.25, 0.3) is 16.6 Å². The smallest absolute Gasteiger partial charge is 0.406 e. The van der Waals surface area contributed by atoms with Gasteiger partial charge in [-0.25, -0.2) is 4.79 Å². The van der Waals surface area contributed by atoms with Gasteiger partial charge < -0.3 is 14.8 Å². The van der Waals surface area contributed by atoms with E-state index in [9.17, 15) is 18.0 Å². The van der Waals surface area contributed by atoms with E-state index in [1.54, 1.807) is 24.3 Å². The van der Waals surface area contributed by atoms with Gasteiger partial charge in [0, 0.05) is 25.1 Å². The van der Waals surface area contributed by atoms with E-state index in [0.29, 0.717) is 24.2 Å². The van der Waals surface area contributed by atoms with Crippen molar-refractivity contribution in [2.75, 3.05) is 25.6 Å². The van der Waals surface area contributed by atoms with Crippen LogP contribution in [0, 0.1) is 0 Å². The van der Waals surface area contributed by atoms with Crippen molar-refractivity contribution < 1.29 is 22.6 Å². The molecule has 1 N–H and O–H groups in total. The molecule has 0 amide bonds. The molecule has 3 aromatic rings. The van der Waals surface area contributed by atoms with Gasteiger partial charge in [0.05, 0.1) is 22.8 Å². The number of nitrogens with one attached hydrogen (secondary N) is 1. The van der Waals surface area contributed by atoms with E-state index in [1.807, 2.05) is 0 Å². The average molecular weight is 414 g/mol. The van der Waals surface area contributed by atoms with E-state index < -0.39 is 17.8 Å². The summed E-state index contributed by atoms with van der Waals surface area (Å²) in [6.45, 7) is 0.709. The van der Waals surface area contributed by atoms with Crippen molar-refractivity contribution in [3.05, 3.63) is 58.0 Å². The molecule has 1 heterocycles. The highest BCUT2D eigenvalue weighted by Crippen LogP contribution is 2.30. The number of ether oxygens (including phenoxy) is 2. The van der Waals surface area contributed by atoms with Crippen molar-refractivity contribution >= 4 is 28.3 Å². The first kappa shape index (κ1) is 20.0. The molecule has 0 saturated heterocycles. The zero-order chi connectivity index (χ0) is 20.3. The Hall–Kier alpha value is -2.78. The third kappa shape index (κ3) is 4.37. The number of methoxy groups -OCH3 is 1. The number of benzene rings is 2. The minimum Gasteiger partial charge on any atom is -0.406 e. The van der Waals surface area contributed by atoms with Crippen LogP contribution in [0.3, 0.4) is 0 Å². The fraction of sp³-hybridized carbons (Fsp3) is 0.222. The Morgan fingerprint density at radius 2 is 1.96 bits per heavy atom. The largest absolute Gasteiger partial charge is 0.573 e. The van der Waals surface area contributed by atoms with Crippen molar-refractivity contribution in [3.8, 4) is 11.4 Å². The number of anilines is 1. The minimum atomic E-state index is -4.87. The molecule has 0 unspecified atom stereocenters. The van der Waals surface area contributed by atoms with E-state index in [0.717, 1.165) is 16.7 Å². The second-order valence-corrected chi connectivity index (χ2v) is 6.08. The SMILES string of the molecule is COCCNc1nc(=O)n(-c2ccccc2Cl)c2cc(OC(F)(F)F)ccc12. The summed E-state index contributed by atoms with van der Waals surface area (Å²) in [6, 6.07) is 10.1. The molecule has 0 bridgehead atoms. The van der Waals surface area contributed by atoms with Gasteiger partial charge >= 0.3 is 12.1 Å². The van der Waals surface area contributed by atoms with Crippen LogP contribution in [-0.2, 0) is 4.74 Å². The average Bonchev–Trinajstić information content (AvgIpc) is 2.61. The lowest BCUT2D eigenvalue weighted by atomic mass is 10.2. The van der Waals surface area contributed by atoms with Gasteiger partial charge in [-0.1, -0.05) is 23.7 Å². The number of rotatable bonds is 6. The highest BCUT2D eigenvalue weighted by Gasteiger charge is 2.31. The monoisotopic (exact) mass is 413 g/mol. The molecule has 0 spiro atoms. The van der Waals surface area contributed by atoms with Crippen molar-refractivity contribution in [3.63, 3.8) is 0 Å². The molecule has 10 heteroatoms. The van der Waals surface area contributed by atoms with Crippen LogP contribution < -0.4 is 15.7 Å². The second-order valence-electron chi connectivity index (χ2n) is 5.68. The zero-order valence-corrected chi connectivity index (χ0v) is 15.3. The highest BCUT2D eigenvalue weighted by molar-refractivity contribution is 6.32. The van der Waals surface area contributed by atoms with Gasteiger partial charge in [0.1, 0.15) is 11.6 Å². The lowest BCUT2D eigenvalue weighted by molar-refractivity contribution is -0.274. The maximum Gasteiger partial charge on any atom is 0.573 e. The van der Waals surface area contributed by atoms with E-state index in [-0.39, 0.29) is 16.4 Å². The summed E-state index contributed by atoms with van der Waals surface area (Å²) in [5.41, 5.74) is -0.251. The Balaban J connectivity index is 2.24. The molecule has 0 aliphatic carbocycles. The molecular weight excluding hydrogens is 399 g/mol. The summed E-state index contributed by atoms with van der Waals surface area (Å²) in [5.74, 6) is -0.242. The molecule has 148 valence electrons. The van der Waals surface area contributed by atoms with Crippen LogP contribution in [0.15, 0.2) is 47.3 Å². The molecule has 0 radical (unpaired) electrons. The van der Waals surface area contributed by atoms with E-state index in [2.05, 4.69) is 15.0 Å². The highest BCUT2D eigenvalue weighted by atomic mass is 35.5. The standard InChI is InChI=1S/C18H15ClF3N3O3/c1-27-9-8-23-16-12-7-6-11(28-18(20,21)22)10-15(12)25(17(26)24-16)14-5-3-2-4-13(14)19/h2-7,10H,8-9H2,1H3,(H,23,24,26). The lowest BCUT2D eigenvalue weighted by Crippen LogP contribution is -2.24. The molecule has 3 rings (SSSR count). The Morgan fingerprint density at radius 3 is 2.64 bits per heavy atom. The molecule has 6 nitrogen and oxygen atoms in total. The normalized spacial score (nSPS) is 11.6. The van der Waals surface area contributed by atoms with Crippen LogP contribution in [0.5, 0.6) is 5.75 Å². The van der Waals surface area contributed by atoms with Gasteiger partial charge in [-0.05, 0) is 24.3 Å². The van der Waals surface area contributed by atoms with Crippen molar-refractivity contribution in [1.82, 2.24) is 9.55 Å². The summed E-state index contributed by atoms with van der Waals surface area (Å²) in [6.07, 6.45) is -4.87. The van der Waals surface area contributed by atoms with Crippen LogP contribution in [0.1, 0.15) is 0 Å². The molecule has 2 aromatic carbocycles. The minimum absolute atomic E-state index is 0.162. The van der Waals surface area contributed by atoms with Crippen LogP contribution in [-0.4, -0.2) is 36.2 Å². The zero-order valence-electron chi connectivity index (χ0n) is 14.6. The molecule has 0 aliphatic heterocycles. The third-order valence-corrected chi connectivity index (χ3v) is 4.11. The van der Waals surface area contributed by atoms with Gasteiger partial charge in [0.15, 0.2) is 0 Å². The van der Waals surface area contributed by atoms with E-state index in [4.69, 9.17) is 16.3 Å². The van der Waals surface area contributed by atoms with Crippen LogP contribution in [0.4, 0.5) is 19.0 Å². The predicted molar refractivity (Wildman–Crippen MR) is 99.4 cm³/mol. The molecular formula is C18H15ClF3N3O3. The number of para-hydroxylation sites is 1.